The van der Waals surface area contributed by atoms with Gasteiger partial charge in [-0.25, -0.2) is 4.39 Å². The summed E-state index contributed by atoms with van der Waals surface area (Å²) in [5, 5.41) is 3.85. The summed E-state index contributed by atoms with van der Waals surface area (Å²) in [6, 6.07) is 6.14. The lowest BCUT2D eigenvalue weighted by Gasteiger charge is -2.01. The van der Waals surface area contributed by atoms with Crippen molar-refractivity contribution in [2.75, 3.05) is 0 Å². The summed E-state index contributed by atoms with van der Waals surface area (Å²) in [6.07, 6.45) is 0.677. The maximum Gasteiger partial charge on any atom is 0.150 e. The van der Waals surface area contributed by atoms with E-state index in [2.05, 4.69) is 0 Å². The highest BCUT2D eigenvalue weighted by Gasteiger charge is 2.05. The molecule has 0 unspecified atom stereocenters. The molecule has 0 saturated carbocycles. The molecule has 2 rings (SSSR count). The Morgan fingerprint density at radius 1 is 1.29 bits per heavy atom. The second kappa shape index (κ2) is 3.72. The third-order valence-electron chi connectivity index (χ3n) is 1.97. The standard InChI is InChI=1S/C11H7FOS/c12-10-1-2-11(9(5-10)6-13)8-3-4-14-7-8/h1-7H. The zero-order valence-electron chi connectivity index (χ0n) is 7.24. The van der Waals surface area contributed by atoms with Crippen LogP contribution in [0.2, 0.25) is 0 Å². The van der Waals surface area contributed by atoms with E-state index in [1.807, 2.05) is 16.8 Å². The van der Waals surface area contributed by atoms with Crippen molar-refractivity contribution >= 4 is 17.6 Å². The zero-order valence-corrected chi connectivity index (χ0v) is 8.05. The summed E-state index contributed by atoms with van der Waals surface area (Å²) in [6.45, 7) is 0. The number of aldehydes is 1. The second-order valence-electron chi connectivity index (χ2n) is 2.86. The smallest absolute Gasteiger partial charge is 0.150 e. The molecule has 1 nitrogen and oxygen atoms in total. The molecule has 0 fully saturated rings. The predicted octanol–water partition coefficient (Wildman–Crippen LogP) is 3.37. The number of carbonyl (C=O) groups is 1. The predicted molar refractivity (Wildman–Crippen MR) is 55.1 cm³/mol. The van der Waals surface area contributed by atoms with Crippen molar-refractivity contribution in [1.29, 1.82) is 0 Å². The fourth-order valence-electron chi connectivity index (χ4n) is 1.31. The summed E-state index contributed by atoms with van der Waals surface area (Å²) in [7, 11) is 0. The van der Waals surface area contributed by atoms with Gasteiger partial charge >= 0.3 is 0 Å². The van der Waals surface area contributed by atoms with E-state index in [1.165, 1.54) is 12.1 Å². The van der Waals surface area contributed by atoms with Gasteiger partial charge in [0.05, 0.1) is 0 Å². The van der Waals surface area contributed by atoms with Gasteiger partial charge in [-0.1, -0.05) is 6.07 Å². The summed E-state index contributed by atoms with van der Waals surface area (Å²) in [4.78, 5) is 10.7. The van der Waals surface area contributed by atoms with Gasteiger partial charge in [0.1, 0.15) is 5.82 Å². The molecule has 0 saturated heterocycles. The van der Waals surface area contributed by atoms with Gasteiger partial charge in [0.15, 0.2) is 6.29 Å². The lowest BCUT2D eigenvalue weighted by Crippen LogP contribution is -1.87. The van der Waals surface area contributed by atoms with Crippen LogP contribution in [-0.2, 0) is 0 Å². The van der Waals surface area contributed by atoms with Crippen molar-refractivity contribution in [3.63, 3.8) is 0 Å². The first-order chi connectivity index (χ1) is 6.81. The Balaban J connectivity index is 2.58. The van der Waals surface area contributed by atoms with Gasteiger partial charge in [-0.15, -0.1) is 0 Å². The molecule has 1 heterocycles. The van der Waals surface area contributed by atoms with Gasteiger partial charge in [0, 0.05) is 5.56 Å². The van der Waals surface area contributed by atoms with Crippen LogP contribution >= 0.6 is 11.3 Å². The summed E-state index contributed by atoms with van der Waals surface area (Å²) >= 11 is 1.55. The Bertz CT molecular complexity index is 448. The topological polar surface area (TPSA) is 17.1 Å². The van der Waals surface area contributed by atoms with E-state index in [1.54, 1.807) is 17.4 Å². The molecule has 0 aliphatic carbocycles. The van der Waals surface area contributed by atoms with Crippen LogP contribution in [0.4, 0.5) is 4.39 Å². The highest BCUT2D eigenvalue weighted by molar-refractivity contribution is 7.08. The normalized spacial score (nSPS) is 10.1. The van der Waals surface area contributed by atoms with Gasteiger partial charge in [0.2, 0.25) is 0 Å². The van der Waals surface area contributed by atoms with E-state index >= 15 is 0 Å². The highest BCUT2D eigenvalue weighted by atomic mass is 32.1. The molecule has 0 N–H and O–H groups in total. The molecule has 0 bridgehead atoms. The van der Waals surface area contributed by atoms with Crippen molar-refractivity contribution < 1.29 is 9.18 Å². The van der Waals surface area contributed by atoms with Crippen molar-refractivity contribution in [2.24, 2.45) is 0 Å². The van der Waals surface area contributed by atoms with Gasteiger partial charge in [-0.05, 0) is 40.1 Å². The first kappa shape index (κ1) is 9.09. The van der Waals surface area contributed by atoms with Crippen LogP contribution in [0.25, 0.3) is 11.1 Å². The fraction of sp³-hybridized carbons (Fsp3) is 0. The van der Waals surface area contributed by atoms with Crippen LogP contribution in [-0.4, -0.2) is 6.29 Å². The Morgan fingerprint density at radius 3 is 2.79 bits per heavy atom. The van der Waals surface area contributed by atoms with Crippen LogP contribution in [0, 0.1) is 5.82 Å². The van der Waals surface area contributed by atoms with Crippen LogP contribution < -0.4 is 0 Å². The minimum Gasteiger partial charge on any atom is -0.298 e. The van der Waals surface area contributed by atoms with Gasteiger partial charge < -0.3 is 0 Å². The molecular weight excluding hydrogens is 199 g/mol. The van der Waals surface area contributed by atoms with E-state index in [0.29, 0.717) is 11.8 Å². The van der Waals surface area contributed by atoms with E-state index < -0.39 is 0 Å². The molecule has 0 atom stereocenters. The average Bonchev–Trinajstić information content (AvgIpc) is 2.70. The Kier molecular flexibility index (Phi) is 2.41. The van der Waals surface area contributed by atoms with Crippen LogP contribution in [0.5, 0.6) is 0 Å². The molecule has 0 aliphatic heterocycles. The number of hydrogen-bond donors (Lipinski definition) is 0. The maximum absolute atomic E-state index is 12.8. The molecule has 0 aliphatic rings. The third kappa shape index (κ3) is 1.59. The lowest BCUT2D eigenvalue weighted by molar-refractivity contribution is 0.112. The Hall–Kier alpha value is -1.48. The number of thiophene rings is 1. The molecule has 1 aromatic heterocycles. The van der Waals surface area contributed by atoms with Gasteiger partial charge in [0.25, 0.3) is 0 Å². The van der Waals surface area contributed by atoms with Crippen molar-refractivity contribution in [3.05, 3.63) is 46.4 Å². The second-order valence-corrected chi connectivity index (χ2v) is 3.64. The summed E-state index contributed by atoms with van der Waals surface area (Å²) in [5.74, 6) is -0.383. The van der Waals surface area contributed by atoms with Crippen molar-refractivity contribution in [2.45, 2.75) is 0 Å². The van der Waals surface area contributed by atoms with Crippen LogP contribution in [0.3, 0.4) is 0 Å². The number of halogens is 1. The lowest BCUT2D eigenvalue weighted by atomic mass is 10.0. The monoisotopic (exact) mass is 206 g/mol. The third-order valence-corrected chi connectivity index (χ3v) is 2.66. The first-order valence-corrected chi connectivity index (χ1v) is 5.03. The quantitative estimate of drug-likeness (QED) is 0.688. The first-order valence-electron chi connectivity index (χ1n) is 4.08. The maximum atomic E-state index is 12.8. The number of carbonyl (C=O) groups excluding carboxylic acids is 1. The van der Waals surface area contributed by atoms with Gasteiger partial charge in [-0.3, -0.25) is 4.79 Å². The molecule has 0 radical (unpaired) electrons. The SMILES string of the molecule is O=Cc1cc(F)ccc1-c1ccsc1. The minimum absolute atomic E-state index is 0.383. The molecule has 0 spiro atoms. The van der Waals surface area contributed by atoms with Crippen molar-refractivity contribution in [3.8, 4) is 11.1 Å². The molecule has 1 aromatic carbocycles. The number of hydrogen-bond acceptors (Lipinski definition) is 2. The minimum atomic E-state index is -0.383. The number of rotatable bonds is 2. The van der Waals surface area contributed by atoms with Crippen molar-refractivity contribution in [1.82, 2.24) is 0 Å². The Morgan fingerprint density at radius 2 is 2.14 bits per heavy atom. The van der Waals surface area contributed by atoms with E-state index in [4.69, 9.17) is 0 Å². The molecule has 3 heteroatoms. The molecule has 14 heavy (non-hydrogen) atoms. The summed E-state index contributed by atoms with van der Waals surface area (Å²) < 4.78 is 12.8. The van der Waals surface area contributed by atoms with E-state index in [9.17, 15) is 9.18 Å². The van der Waals surface area contributed by atoms with E-state index in [-0.39, 0.29) is 5.82 Å². The van der Waals surface area contributed by atoms with E-state index in [0.717, 1.165) is 11.1 Å². The summed E-state index contributed by atoms with van der Waals surface area (Å²) in [5.41, 5.74) is 2.13. The fourth-order valence-corrected chi connectivity index (χ4v) is 1.97. The number of benzene rings is 1. The van der Waals surface area contributed by atoms with Crippen LogP contribution in [0.1, 0.15) is 10.4 Å². The molecule has 70 valence electrons. The van der Waals surface area contributed by atoms with Crippen LogP contribution in [0.15, 0.2) is 35.0 Å². The zero-order chi connectivity index (χ0) is 9.97. The molecular formula is C11H7FOS. The average molecular weight is 206 g/mol. The highest BCUT2D eigenvalue weighted by Crippen LogP contribution is 2.25. The Labute approximate surface area is 84.8 Å². The van der Waals surface area contributed by atoms with Gasteiger partial charge in [-0.2, -0.15) is 11.3 Å². The molecule has 2 aromatic rings. The molecule has 0 amide bonds. The largest absolute Gasteiger partial charge is 0.298 e.